The standard InChI is InChI=1S/C35H33ClN10O6S/c1-17-5-3-8-21(36)29(17)43-31(49)23-16-38-35(53-23)41-24-15-25(40-18(2)39-24)44-11-13-45(14-12-44)34(52)28(37)19-6-4-7-20-27(19)33(51)46(32(20)50)22-9-10-26(47)42-30(22)48/h3-8,15-16,22,28H,9-14,37H2,1-2H3,(H,43,49)(H,42,47,48)(H,38,39,40,41). The van der Waals surface area contributed by atoms with Crippen LogP contribution < -0.4 is 26.6 Å². The number of nitrogens with zero attached hydrogens (tertiary/aromatic N) is 6. The first-order chi connectivity index (χ1) is 25.4. The largest absolute Gasteiger partial charge is 0.353 e. The summed E-state index contributed by atoms with van der Waals surface area (Å²) in [6.07, 6.45) is 1.47. The van der Waals surface area contributed by atoms with Gasteiger partial charge in [0.25, 0.3) is 17.7 Å². The number of para-hydroxylation sites is 1. The topological polar surface area (TPSA) is 213 Å². The van der Waals surface area contributed by atoms with Gasteiger partial charge in [0.15, 0.2) is 5.13 Å². The van der Waals surface area contributed by atoms with Crippen molar-refractivity contribution in [2.75, 3.05) is 41.7 Å². The van der Waals surface area contributed by atoms with Crippen LogP contribution in [0.15, 0.2) is 48.7 Å². The number of hydrogen-bond acceptors (Lipinski definition) is 13. The van der Waals surface area contributed by atoms with E-state index >= 15 is 0 Å². The molecule has 6 amide bonds. The number of anilines is 4. The molecular weight excluding hydrogens is 724 g/mol. The van der Waals surface area contributed by atoms with E-state index in [2.05, 4.69) is 30.9 Å². The van der Waals surface area contributed by atoms with Gasteiger partial charge in [-0.25, -0.2) is 15.0 Å². The average Bonchev–Trinajstić information content (AvgIpc) is 3.71. The van der Waals surface area contributed by atoms with Crippen molar-refractivity contribution in [2.45, 2.75) is 38.8 Å². The number of halogens is 1. The van der Waals surface area contributed by atoms with Crippen molar-refractivity contribution in [3.63, 3.8) is 0 Å². The van der Waals surface area contributed by atoms with E-state index in [0.29, 0.717) is 64.4 Å². The molecule has 2 aromatic carbocycles. The number of rotatable bonds is 8. The predicted octanol–water partition coefficient (Wildman–Crippen LogP) is 2.95. The van der Waals surface area contributed by atoms with Gasteiger partial charge in [0.2, 0.25) is 17.7 Å². The second kappa shape index (κ2) is 14.3. The summed E-state index contributed by atoms with van der Waals surface area (Å²) in [5.74, 6) is -1.77. The number of carbonyl (C=O) groups is 6. The lowest BCUT2D eigenvalue weighted by Crippen LogP contribution is -2.54. The summed E-state index contributed by atoms with van der Waals surface area (Å²) in [7, 11) is 0. The van der Waals surface area contributed by atoms with Gasteiger partial charge in [0, 0.05) is 38.7 Å². The van der Waals surface area contributed by atoms with Crippen LogP contribution in [0, 0.1) is 13.8 Å². The molecule has 5 N–H and O–H groups in total. The first-order valence-corrected chi connectivity index (χ1v) is 17.9. The summed E-state index contributed by atoms with van der Waals surface area (Å²) in [6, 6.07) is 9.28. The van der Waals surface area contributed by atoms with Crippen molar-refractivity contribution in [2.24, 2.45) is 5.73 Å². The normalized spacial score (nSPS) is 17.8. The van der Waals surface area contributed by atoms with Crippen LogP contribution in [-0.2, 0) is 14.4 Å². The lowest BCUT2D eigenvalue weighted by molar-refractivity contribution is -0.136. The maximum Gasteiger partial charge on any atom is 0.267 e. The molecule has 2 saturated heterocycles. The molecule has 0 spiro atoms. The smallest absolute Gasteiger partial charge is 0.267 e. The zero-order valence-corrected chi connectivity index (χ0v) is 30.1. The SMILES string of the molecule is Cc1nc(Nc2ncc(C(=O)Nc3c(C)cccc3Cl)s2)cc(N2CCN(C(=O)C(N)c3cccc4c3C(=O)N(C3CCC(=O)NC3=O)C4=O)CC2)n1. The zero-order valence-electron chi connectivity index (χ0n) is 28.5. The van der Waals surface area contributed by atoms with E-state index in [1.165, 1.54) is 18.3 Å². The van der Waals surface area contributed by atoms with Gasteiger partial charge in [-0.15, -0.1) is 0 Å². The van der Waals surface area contributed by atoms with E-state index in [0.717, 1.165) is 21.8 Å². The average molecular weight is 757 g/mol. The highest BCUT2D eigenvalue weighted by molar-refractivity contribution is 7.17. The highest BCUT2D eigenvalue weighted by Gasteiger charge is 2.46. The van der Waals surface area contributed by atoms with Crippen LogP contribution in [-0.4, -0.2) is 92.4 Å². The number of thiazole rings is 1. The Morgan fingerprint density at radius 3 is 2.51 bits per heavy atom. The van der Waals surface area contributed by atoms with Crippen LogP contribution in [0.5, 0.6) is 0 Å². The molecule has 272 valence electrons. The molecule has 3 aliphatic rings. The Kier molecular flexibility index (Phi) is 9.63. The number of hydrogen-bond donors (Lipinski definition) is 4. The van der Waals surface area contributed by atoms with Crippen molar-refractivity contribution in [3.05, 3.63) is 86.6 Å². The Labute approximate surface area is 311 Å². The third-order valence-electron chi connectivity index (χ3n) is 9.27. The van der Waals surface area contributed by atoms with Crippen LogP contribution in [0.1, 0.15) is 66.2 Å². The van der Waals surface area contributed by atoms with Gasteiger partial charge in [-0.1, -0.05) is 47.2 Å². The summed E-state index contributed by atoms with van der Waals surface area (Å²) in [6.45, 7) is 5.06. The van der Waals surface area contributed by atoms with Crippen LogP contribution >= 0.6 is 22.9 Å². The van der Waals surface area contributed by atoms with Crippen LogP contribution in [0.4, 0.5) is 22.5 Å². The van der Waals surface area contributed by atoms with Crippen molar-refractivity contribution in [1.82, 2.24) is 30.1 Å². The van der Waals surface area contributed by atoms with Gasteiger partial charge in [-0.05, 0) is 43.5 Å². The summed E-state index contributed by atoms with van der Waals surface area (Å²) in [5.41, 5.74) is 8.07. The molecule has 18 heteroatoms. The molecule has 2 fully saturated rings. The molecule has 0 radical (unpaired) electrons. The fourth-order valence-electron chi connectivity index (χ4n) is 6.58. The molecule has 2 unspecified atom stereocenters. The number of piperidine rings is 1. The minimum Gasteiger partial charge on any atom is -0.353 e. The molecular formula is C35H33ClN10O6S. The van der Waals surface area contributed by atoms with Gasteiger partial charge in [-0.2, -0.15) is 0 Å². The van der Waals surface area contributed by atoms with Crippen LogP contribution in [0.25, 0.3) is 0 Å². The van der Waals surface area contributed by atoms with Crippen molar-refractivity contribution >= 4 is 80.8 Å². The van der Waals surface area contributed by atoms with Crippen LogP contribution in [0.3, 0.4) is 0 Å². The van der Waals surface area contributed by atoms with Crippen molar-refractivity contribution < 1.29 is 28.8 Å². The number of carbonyl (C=O) groups excluding carboxylic acids is 6. The quantitative estimate of drug-likeness (QED) is 0.191. The molecule has 7 rings (SSSR count). The molecule has 53 heavy (non-hydrogen) atoms. The van der Waals surface area contributed by atoms with E-state index in [-0.39, 0.29) is 35.4 Å². The maximum atomic E-state index is 13.7. The van der Waals surface area contributed by atoms with Gasteiger partial charge in [0.05, 0.1) is 28.0 Å². The monoisotopic (exact) mass is 756 g/mol. The Morgan fingerprint density at radius 2 is 1.77 bits per heavy atom. The third kappa shape index (κ3) is 6.93. The molecule has 0 bridgehead atoms. The maximum absolute atomic E-state index is 13.7. The van der Waals surface area contributed by atoms with Gasteiger partial charge < -0.3 is 26.2 Å². The molecule has 2 atom stereocenters. The Bertz CT molecular complexity index is 2180. The zero-order chi connectivity index (χ0) is 37.6. The summed E-state index contributed by atoms with van der Waals surface area (Å²) in [4.78, 5) is 95.8. The second-order valence-electron chi connectivity index (χ2n) is 12.7. The highest BCUT2D eigenvalue weighted by Crippen LogP contribution is 2.33. The van der Waals surface area contributed by atoms with Crippen molar-refractivity contribution in [3.8, 4) is 0 Å². The molecule has 0 aliphatic carbocycles. The summed E-state index contributed by atoms with van der Waals surface area (Å²) < 4.78 is 0. The fraction of sp³-hybridized carbons (Fsp3) is 0.286. The number of amides is 6. The number of benzene rings is 2. The minimum atomic E-state index is -1.24. The second-order valence-corrected chi connectivity index (χ2v) is 14.1. The van der Waals surface area contributed by atoms with Gasteiger partial charge in [-0.3, -0.25) is 39.0 Å². The minimum absolute atomic E-state index is 0.00839. The van der Waals surface area contributed by atoms with E-state index in [1.807, 2.05) is 24.0 Å². The van der Waals surface area contributed by atoms with Crippen LogP contribution in [0.2, 0.25) is 5.02 Å². The number of aryl methyl sites for hydroxylation is 2. The van der Waals surface area contributed by atoms with E-state index in [4.69, 9.17) is 17.3 Å². The highest BCUT2D eigenvalue weighted by atomic mass is 35.5. The third-order valence-corrected chi connectivity index (χ3v) is 10.5. The fourth-order valence-corrected chi connectivity index (χ4v) is 7.56. The van der Waals surface area contributed by atoms with E-state index in [1.54, 1.807) is 30.0 Å². The van der Waals surface area contributed by atoms with Crippen molar-refractivity contribution in [1.29, 1.82) is 0 Å². The number of imide groups is 2. The van der Waals surface area contributed by atoms with E-state index < -0.39 is 41.6 Å². The summed E-state index contributed by atoms with van der Waals surface area (Å²) >= 11 is 7.42. The van der Waals surface area contributed by atoms with E-state index in [9.17, 15) is 28.8 Å². The number of fused-ring (bicyclic) bond motifs is 1. The molecule has 3 aliphatic heterocycles. The lowest BCUT2D eigenvalue weighted by Gasteiger charge is -2.36. The predicted molar refractivity (Wildman–Crippen MR) is 195 cm³/mol. The lowest BCUT2D eigenvalue weighted by atomic mass is 9.96. The number of aromatic nitrogens is 3. The molecule has 4 aromatic rings. The Morgan fingerprint density at radius 1 is 1.02 bits per heavy atom. The van der Waals surface area contributed by atoms with Gasteiger partial charge >= 0.3 is 0 Å². The Hall–Kier alpha value is -5.78. The first-order valence-electron chi connectivity index (χ1n) is 16.7. The number of nitrogens with two attached hydrogens (primary N) is 1. The molecule has 0 saturated carbocycles. The number of nitrogens with one attached hydrogen (secondary N) is 3. The number of piperazine rings is 1. The van der Waals surface area contributed by atoms with Gasteiger partial charge in [0.1, 0.15) is 34.4 Å². The molecule has 16 nitrogen and oxygen atoms in total. The molecule has 2 aromatic heterocycles. The Balaban J connectivity index is 0.992. The summed E-state index contributed by atoms with van der Waals surface area (Å²) in [5, 5.41) is 9.06. The molecule has 5 heterocycles. The first kappa shape index (κ1) is 35.6.